The molecule has 4 aliphatic rings. The third-order valence-corrected chi connectivity index (χ3v) is 13.9. The second kappa shape index (κ2) is 15.7. The maximum atomic E-state index is 15.1. The number of ether oxygens (including phenoxy) is 3. The molecule has 7 atom stereocenters. The molecule has 2 aliphatic carbocycles. The van der Waals surface area contributed by atoms with Crippen LogP contribution in [0.1, 0.15) is 79.6 Å². The summed E-state index contributed by atoms with van der Waals surface area (Å²) in [5, 5.41) is 6.43. The van der Waals surface area contributed by atoms with Gasteiger partial charge in [0.05, 0.1) is 32.3 Å². The first-order valence-corrected chi connectivity index (χ1v) is 20.9. The summed E-state index contributed by atoms with van der Waals surface area (Å²) in [6, 6.07) is 0.349. The predicted molar refractivity (Wildman–Crippen MR) is 206 cm³/mol. The number of alkyl halides is 1. The molecule has 0 unspecified atom stereocenters. The van der Waals surface area contributed by atoms with Gasteiger partial charge in [0.1, 0.15) is 40.9 Å². The number of fused-ring (bicyclic) bond motifs is 3. The van der Waals surface area contributed by atoms with Crippen LogP contribution in [0, 0.1) is 29.0 Å². The lowest BCUT2D eigenvalue weighted by Gasteiger charge is -2.34. The van der Waals surface area contributed by atoms with Gasteiger partial charge in [0.2, 0.25) is 33.6 Å². The van der Waals surface area contributed by atoms with Gasteiger partial charge in [0, 0.05) is 23.1 Å². The van der Waals surface area contributed by atoms with E-state index in [1.54, 1.807) is 26.8 Å². The van der Waals surface area contributed by atoms with Gasteiger partial charge in [-0.1, -0.05) is 46.8 Å². The van der Waals surface area contributed by atoms with Crippen LogP contribution in [0.3, 0.4) is 0 Å². The second-order valence-electron chi connectivity index (χ2n) is 17.2. The number of carbonyl (C=O) groups is 4. The summed E-state index contributed by atoms with van der Waals surface area (Å²) in [6.45, 7) is 7.82. The average molecular weight is 818 g/mol. The van der Waals surface area contributed by atoms with Crippen molar-refractivity contribution in [2.45, 2.75) is 108 Å². The molecule has 14 nitrogen and oxygen atoms in total. The Bertz CT molecular complexity index is 2070. The number of methoxy groups -OCH3 is 2. The molecular weight excluding hydrogens is 765 g/mol. The van der Waals surface area contributed by atoms with Crippen LogP contribution in [-0.2, 0) is 29.2 Å². The van der Waals surface area contributed by atoms with Crippen LogP contribution < -0.4 is 29.6 Å². The van der Waals surface area contributed by atoms with Gasteiger partial charge in [-0.05, 0) is 62.5 Å². The molecule has 312 valence electrons. The summed E-state index contributed by atoms with van der Waals surface area (Å²) in [4.78, 5) is 62.4. The van der Waals surface area contributed by atoms with E-state index in [-0.39, 0.29) is 67.0 Å². The topological polar surface area (TPSA) is 182 Å². The Hall–Kier alpha value is -4.54. The Kier molecular flexibility index (Phi) is 11.6. The van der Waals surface area contributed by atoms with Crippen molar-refractivity contribution < 1.29 is 50.6 Å². The zero-order valence-electron chi connectivity index (χ0n) is 33.4. The predicted octanol–water partition coefficient (Wildman–Crippen LogP) is 4.11. The van der Waals surface area contributed by atoms with Crippen LogP contribution in [0.5, 0.6) is 17.4 Å². The second-order valence-corrected chi connectivity index (χ2v) is 19.3. The third-order valence-electron chi connectivity index (χ3n) is 11.8. The van der Waals surface area contributed by atoms with Gasteiger partial charge in [-0.3, -0.25) is 23.9 Å². The zero-order chi connectivity index (χ0) is 41.7. The molecule has 6 rings (SSSR count). The molecule has 3 fully saturated rings. The third kappa shape index (κ3) is 8.26. The quantitative estimate of drug-likeness (QED) is 0.312. The zero-order valence-corrected chi connectivity index (χ0v) is 34.3. The minimum absolute atomic E-state index is 0.00282. The van der Waals surface area contributed by atoms with E-state index in [0.717, 1.165) is 6.42 Å². The van der Waals surface area contributed by atoms with Crippen molar-refractivity contribution in [3.8, 4) is 17.4 Å². The molecule has 1 saturated heterocycles. The van der Waals surface area contributed by atoms with Crippen LogP contribution in [0.2, 0.25) is 0 Å². The van der Waals surface area contributed by atoms with Crippen molar-refractivity contribution >= 4 is 44.4 Å². The van der Waals surface area contributed by atoms with Gasteiger partial charge in [-0.15, -0.1) is 0 Å². The van der Waals surface area contributed by atoms with Gasteiger partial charge in [-0.25, -0.2) is 22.2 Å². The number of hydrogen-bond acceptors (Lipinski definition) is 10. The van der Waals surface area contributed by atoms with Crippen molar-refractivity contribution in [3.63, 3.8) is 0 Å². The maximum absolute atomic E-state index is 15.1. The molecule has 3 heterocycles. The fraction of sp³-hybridized carbons (Fsp3) is 0.625. The number of nitrogens with one attached hydrogen (secondary N) is 3. The van der Waals surface area contributed by atoms with E-state index in [4.69, 9.17) is 14.2 Å². The normalized spacial score (nSPS) is 28.9. The molecule has 4 amide bonds. The Balaban J connectivity index is 1.38. The van der Waals surface area contributed by atoms with Crippen LogP contribution in [-0.4, -0.2) is 97.8 Å². The smallest absolute Gasteiger partial charge is 0.259 e. The number of amides is 4. The molecule has 2 aliphatic heterocycles. The standard InChI is InChI=1S/C40H53F2N5O9S/c1-22-10-8-9-11-24-18-40(24,37(51)46-57(52,53)39(21-41)12-13-39)45-33(48)29-15-25(20-47(29)35(49)32(23(2)14-22)44-36(50)38(3,4)5)56-34-27-16-28(42)30(54-6)17-26(27)31(55-7)19-43-34/h9,11,16-17,19,22-25,29,32H,8,10,12-15,18,20-21H2,1-7H3,(H,44,50)(H,45,48)(H,46,51)/t22-,23-,24-,25-,29+,32+,40-/m1/s1. The lowest BCUT2D eigenvalue weighted by atomic mass is 9.86. The van der Waals surface area contributed by atoms with Crippen molar-refractivity contribution in [1.29, 1.82) is 0 Å². The maximum Gasteiger partial charge on any atom is 0.259 e. The fourth-order valence-corrected chi connectivity index (χ4v) is 9.30. The molecule has 3 N–H and O–H groups in total. The van der Waals surface area contributed by atoms with E-state index >= 15 is 4.39 Å². The van der Waals surface area contributed by atoms with E-state index in [1.165, 1.54) is 37.4 Å². The van der Waals surface area contributed by atoms with Crippen LogP contribution in [0.15, 0.2) is 30.5 Å². The summed E-state index contributed by atoms with van der Waals surface area (Å²) >= 11 is 0. The van der Waals surface area contributed by atoms with Crippen LogP contribution in [0.25, 0.3) is 10.8 Å². The van der Waals surface area contributed by atoms with Crippen molar-refractivity contribution in [1.82, 2.24) is 25.2 Å². The highest BCUT2D eigenvalue weighted by Crippen LogP contribution is 2.48. The fourth-order valence-electron chi connectivity index (χ4n) is 7.87. The summed E-state index contributed by atoms with van der Waals surface area (Å²) in [6.07, 6.45) is 6.21. The van der Waals surface area contributed by atoms with Gasteiger partial charge in [-0.2, -0.15) is 0 Å². The number of nitrogens with zero attached hydrogens (tertiary/aromatic N) is 2. The number of hydrogen-bond donors (Lipinski definition) is 3. The molecule has 0 bridgehead atoms. The Morgan fingerprint density at radius 3 is 2.40 bits per heavy atom. The van der Waals surface area contributed by atoms with E-state index < -0.39 is 80.0 Å². The van der Waals surface area contributed by atoms with E-state index in [1.807, 2.05) is 19.9 Å². The van der Waals surface area contributed by atoms with Gasteiger partial charge < -0.3 is 29.7 Å². The number of halogens is 2. The molecule has 57 heavy (non-hydrogen) atoms. The Morgan fingerprint density at radius 2 is 1.77 bits per heavy atom. The number of sulfonamides is 1. The molecule has 0 spiro atoms. The van der Waals surface area contributed by atoms with Crippen LogP contribution >= 0.6 is 0 Å². The minimum atomic E-state index is -4.41. The summed E-state index contributed by atoms with van der Waals surface area (Å²) in [7, 11) is -1.65. The molecule has 2 aromatic rings. The first-order valence-electron chi connectivity index (χ1n) is 19.4. The lowest BCUT2D eigenvalue weighted by Crippen LogP contribution is -2.60. The van der Waals surface area contributed by atoms with Gasteiger partial charge >= 0.3 is 0 Å². The van der Waals surface area contributed by atoms with E-state index in [0.29, 0.717) is 24.0 Å². The largest absolute Gasteiger partial charge is 0.494 e. The number of carbonyl (C=O) groups excluding carboxylic acids is 4. The highest BCUT2D eigenvalue weighted by molar-refractivity contribution is 7.91. The first-order chi connectivity index (χ1) is 26.8. The first kappa shape index (κ1) is 42.1. The molecule has 1 aromatic carbocycles. The summed E-state index contributed by atoms with van der Waals surface area (Å²) in [5.41, 5.74) is -2.54. The monoisotopic (exact) mass is 817 g/mol. The average Bonchev–Trinajstić information content (AvgIpc) is 4.06. The number of aromatic nitrogens is 1. The molecule has 1 aromatic heterocycles. The molecular formula is C40H53F2N5O9S. The highest BCUT2D eigenvalue weighted by atomic mass is 32.2. The van der Waals surface area contributed by atoms with E-state index in [2.05, 4.69) is 20.3 Å². The van der Waals surface area contributed by atoms with E-state index in [9.17, 15) is 32.0 Å². The number of allylic oxidation sites excluding steroid dienone is 1. The Labute approximate surface area is 331 Å². The lowest BCUT2D eigenvalue weighted by molar-refractivity contribution is -0.144. The molecule has 17 heteroatoms. The highest BCUT2D eigenvalue weighted by Gasteiger charge is 2.64. The van der Waals surface area contributed by atoms with Crippen LogP contribution in [0.4, 0.5) is 8.78 Å². The summed E-state index contributed by atoms with van der Waals surface area (Å²) in [5.74, 6) is -3.84. The van der Waals surface area contributed by atoms with Gasteiger partial charge in [0.25, 0.3) is 5.91 Å². The van der Waals surface area contributed by atoms with Gasteiger partial charge in [0.15, 0.2) is 11.6 Å². The Morgan fingerprint density at radius 1 is 1.07 bits per heavy atom. The number of pyridine rings is 1. The SMILES string of the molecule is COc1cc2c(OC)cnc(O[C@@H]3C[C@H]4C(=O)N[C@]5(C(=O)NS(=O)(=O)C6(CF)CC6)C[C@H]5C=CCC[C@@H](C)C[C@@H](C)[C@H](NC(=O)C(C)(C)C)C(=O)N4C3)c2cc1F. The number of rotatable bonds is 9. The molecule has 2 saturated carbocycles. The minimum Gasteiger partial charge on any atom is -0.494 e. The number of benzene rings is 1. The van der Waals surface area contributed by atoms with Crippen molar-refractivity contribution in [3.05, 3.63) is 36.3 Å². The van der Waals surface area contributed by atoms with Crippen molar-refractivity contribution in [2.24, 2.45) is 23.2 Å². The summed E-state index contributed by atoms with van der Waals surface area (Å²) < 4.78 is 72.6. The molecule has 0 radical (unpaired) electrons. The van der Waals surface area contributed by atoms with Crippen molar-refractivity contribution in [2.75, 3.05) is 27.4 Å².